The predicted octanol–water partition coefficient (Wildman–Crippen LogP) is 2.63. The molecule has 0 spiro atoms. The van der Waals surface area contributed by atoms with E-state index in [9.17, 15) is 0 Å². The second-order valence-corrected chi connectivity index (χ2v) is 4.90. The first-order valence-electron chi connectivity index (χ1n) is 5.91. The lowest BCUT2D eigenvalue weighted by molar-refractivity contribution is 0.242. The molecule has 0 bridgehead atoms. The number of nitrogens with one attached hydrogen (secondary N) is 1. The van der Waals surface area contributed by atoms with Crippen LogP contribution in [0.25, 0.3) is 0 Å². The Morgan fingerprint density at radius 1 is 1.22 bits per heavy atom. The van der Waals surface area contributed by atoms with Gasteiger partial charge in [0.25, 0.3) is 0 Å². The third kappa shape index (κ3) is 3.05. The Morgan fingerprint density at radius 2 is 1.94 bits per heavy atom. The van der Waals surface area contributed by atoms with Gasteiger partial charge in [-0.15, -0.1) is 5.10 Å². The molecule has 5 heteroatoms. The number of ether oxygens (including phenoxy) is 1. The van der Waals surface area contributed by atoms with Gasteiger partial charge in [-0.05, 0) is 50.1 Å². The van der Waals surface area contributed by atoms with Gasteiger partial charge in [-0.3, -0.25) is 0 Å². The fourth-order valence-corrected chi connectivity index (χ4v) is 2.27. The molecule has 1 heterocycles. The lowest BCUT2D eigenvalue weighted by atomic mass is 10.0. The Morgan fingerprint density at radius 3 is 2.44 bits per heavy atom. The standard InChI is InChI=1S/C13H17N3OS/c1-9(2)17-11-6-4-10(5-7-11)13(14-3)12-8-18-16-15-12/h4-9,13-14H,1-3H3. The average molecular weight is 263 g/mol. The SMILES string of the molecule is CNC(c1ccc(OC(C)C)cc1)c1csnn1. The van der Waals surface area contributed by atoms with E-state index in [4.69, 9.17) is 4.74 Å². The van der Waals surface area contributed by atoms with Gasteiger partial charge in [0.15, 0.2) is 0 Å². The zero-order valence-corrected chi connectivity index (χ0v) is 11.6. The lowest BCUT2D eigenvalue weighted by Gasteiger charge is -2.15. The summed E-state index contributed by atoms with van der Waals surface area (Å²) in [7, 11) is 1.92. The molecular formula is C13H17N3OS. The quantitative estimate of drug-likeness (QED) is 0.901. The van der Waals surface area contributed by atoms with Crippen molar-refractivity contribution in [2.75, 3.05) is 7.05 Å². The van der Waals surface area contributed by atoms with Crippen LogP contribution in [0.5, 0.6) is 5.75 Å². The minimum absolute atomic E-state index is 0.0804. The van der Waals surface area contributed by atoms with Crippen molar-refractivity contribution in [1.82, 2.24) is 14.9 Å². The van der Waals surface area contributed by atoms with Crippen LogP contribution in [0.15, 0.2) is 29.6 Å². The van der Waals surface area contributed by atoms with Crippen molar-refractivity contribution in [2.24, 2.45) is 0 Å². The molecule has 96 valence electrons. The van der Waals surface area contributed by atoms with Crippen molar-refractivity contribution in [3.63, 3.8) is 0 Å². The van der Waals surface area contributed by atoms with Crippen LogP contribution >= 0.6 is 11.5 Å². The van der Waals surface area contributed by atoms with Crippen molar-refractivity contribution >= 4 is 11.5 Å². The van der Waals surface area contributed by atoms with Crippen LogP contribution < -0.4 is 10.1 Å². The monoisotopic (exact) mass is 263 g/mol. The second kappa shape index (κ2) is 5.93. The zero-order chi connectivity index (χ0) is 13.0. The van der Waals surface area contributed by atoms with E-state index >= 15 is 0 Å². The third-order valence-electron chi connectivity index (χ3n) is 2.55. The van der Waals surface area contributed by atoms with E-state index in [1.165, 1.54) is 11.5 Å². The highest BCUT2D eigenvalue weighted by Gasteiger charge is 2.14. The molecule has 2 rings (SSSR count). The number of hydrogen-bond donors (Lipinski definition) is 1. The molecule has 0 aliphatic carbocycles. The fourth-order valence-electron chi connectivity index (χ4n) is 1.79. The van der Waals surface area contributed by atoms with Crippen LogP contribution in [0.3, 0.4) is 0 Å². The Balaban J connectivity index is 2.17. The summed E-state index contributed by atoms with van der Waals surface area (Å²) in [6.07, 6.45) is 0.193. The van der Waals surface area contributed by atoms with E-state index in [1.807, 2.05) is 38.4 Å². The van der Waals surface area contributed by atoms with E-state index in [0.29, 0.717) is 0 Å². The summed E-state index contributed by atoms with van der Waals surface area (Å²) in [6, 6.07) is 8.16. The summed E-state index contributed by atoms with van der Waals surface area (Å²) < 4.78 is 9.53. The maximum atomic E-state index is 5.63. The first-order chi connectivity index (χ1) is 8.70. The normalized spacial score (nSPS) is 12.7. The Bertz CT molecular complexity index is 467. The first-order valence-corrected chi connectivity index (χ1v) is 6.75. The van der Waals surface area contributed by atoms with Crippen LogP contribution in [0, 0.1) is 0 Å². The molecule has 0 amide bonds. The average Bonchev–Trinajstić information content (AvgIpc) is 2.85. The number of benzene rings is 1. The topological polar surface area (TPSA) is 47.0 Å². The minimum atomic E-state index is 0.0804. The van der Waals surface area contributed by atoms with E-state index < -0.39 is 0 Å². The van der Waals surface area contributed by atoms with Crippen LogP contribution in [0.1, 0.15) is 31.1 Å². The van der Waals surface area contributed by atoms with Crippen LogP contribution in [-0.2, 0) is 0 Å². The maximum Gasteiger partial charge on any atom is 0.119 e. The summed E-state index contributed by atoms with van der Waals surface area (Å²) in [5, 5.41) is 9.31. The molecule has 0 aliphatic heterocycles. The van der Waals surface area contributed by atoms with Crippen molar-refractivity contribution in [2.45, 2.75) is 26.0 Å². The molecule has 2 aromatic rings. The highest BCUT2D eigenvalue weighted by Crippen LogP contribution is 2.23. The lowest BCUT2D eigenvalue weighted by Crippen LogP contribution is -2.18. The molecule has 0 saturated heterocycles. The summed E-state index contributed by atoms with van der Waals surface area (Å²) in [5.74, 6) is 0.889. The van der Waals surface area contributed by atoms with Gasteiger partial charge in [-0.1, -0.05) is 16.6 Å². The smallest absolute Gasteiger partial charge is 0.119 e. The molecule has 18 heavy (non-hydrogen) atoms. The fraction of sp³-hybridized carbons (Fsp3) is 0.385. The highest BCUT2D eigenvalue weighted by atomic mass is 32.1. The van der Waals surface area contributed by atoms with Gasteiger partial charge in [0.05, 0.1) is 17.8 Å². The molecule has 0 saturated carbocycles. The van der Waals surface area contributed by atoms with E-state index in [2.05, 4.69) is 27.0 Å². The summed E-state index contributed by atoms with van der Waals surface area (Å²) in [6.45, 7) is 4.04. The molecule has 1 unspecified atom stereocenters. The molecule has 4 nitrogen and oxygen atoms in total. The minimum Gasteiger partial charge on any atom is -0.491 e. The Labute approximate surface area is 111 Å². The van der Waals surface area contributed by atoms with Crippen molar-refractivity contribution in [3.8, 4) is 5.75 Å². The predicted molar refractivity (Wildman–Crippen MR) is 73.0 cm³/mol. The van der Waals surface area contributed by atoms with E-state index in [-0.39, 0.29) is 12.1 Å². The molecular weight excluding hydrogens is 246 g/mol. The Hall–Kier alpha value is -1.46. The van der Waals surface area contributed by atoms with Crippen molar-refractivity contribution in [1.29, 1.82) is 0 Å². The van der Waals surface area contributed by atoms with Crippen LogP contribution in [0.2, 0.25) is 0 Å². The van der Waals surface area contributed by atoms with E-state index in [1.54, 1.807) is 0 Å². The molecule has 0 radical (unpaired) electrons. The summed E-state index contributed by atoms with van der Waals surface area (Å²) in [5.41, 5.74) is 2.10. The van der Waals surface area contributed by atoms with Gasteiger partial charge >= 0.3 is 0 Å². The van der Waals surface area contributed by atoms with Gasteiger partial charge in [0.2, 0.25) is 0 Å². The van der Waals surface area contributed by atoms with Crippen molar-refractivity contribution in [3.05, 3.63) is 40.9 Å². The second-order valence-electron chi connectivity index (χ2n) is 4.29. The maximum absolute atomic E-state index is 5.63. The molecule has 0 fully saturated rings. The number of aromatic nitrogens is 2. The number of nitrogens with zero attached hydrogens (tertiary/aromatic N) is 2. The van der Waals surface area contributed by atoms with Gasteiger partial charge in [0, 0.05) is 5.38 Å². The van der Waals surface area contributed by atoms with Crippen LogP contribution in [0.4, 0.5) is 0 Å². The first kappa shape index (κ1) is 13.0. The van der Waals surface area contributed by atoms with E-state index in [0.717, 1.165) is 17.0 Å². The molecule has 1 atom stereocenters. The van der Waals surface area contributed by atoms with Crippen molar-refractivity contribution < 1.29 is 4.74 Å². The number of hydrogen-bond acceptors (Lipinski definition) is 5. The highest BCUT2D eigenvalue weighted by molar-refractivity contribution is 7.03. The van der Waals surface area contributed by atoms with Gasteiger partial charge in [-0.2, -0.15) is 0 Å². The van der Waals surface area contributed by atoms with Gasteiger partial charge in [-0.25, -0.2) is 0 Å². The number of rotatable bonds is 5. The van der Waals surface area contributed by atoms with Crippen LogP contribution in [-0.4, -0.2) is 22.7 Å². The largest absolute Gasteiger partial charge is 0.491 e. The van der Waals surface area contributed by atoms with Gasteiger partial charge < -0.3 is 10.1 Å². The molecule has 1 aromatic heterocycles. The molecule has 0 aliphatic rings. The molecule has 1 aromatic carbocycles. The summed E-state index contributed by atoms with van der Waals surface area (Å²) in [4.78, 5) is 0. The third-order valence-corrected chi connectivity index (χ3v) is 3.07. The van der Waals surface area contributed by atoms with Gasteiger partial charge in [0.1, 0.15) is 5.75 Å². The summed E-state index contributed by atoms with van der Waals surface area (Å²) >= 11 is 1.36. The Kier molecular flexibility index (Phi) is 4.28. The zero-order valence-electron chi connectivity index (χ0n) is 10.8. The molecule has 1 N–H and O–H groups in total.